The lowest BCUT2D eigenvalue weighted by Gasteiger charge is -2.35. The number of aromatic nitrogens is 2. The quantitative estimate of drug-likeness (QED) is 0.838. The van der Waals surface area contributed by atoms with E-state index in [0.717, 1.165) is 5.52 Å². The second kappa shape index (κ2) is 4.30. The van der Waals surface area contributed by atoms with Crippen LogP contribution in [0.15, 0.2) is 24.4 Å². The van der Waals surface area contributed by atoms with Crippen LogP contribution in [-0.4, -0.2) is 16.2 Å². The molecule has 0 unspecified atom stereocenters. The highest BCUT2D eigenvalue weighted by Crippen LogP contribution is 2.36. The number of H-pyrrole nitrogens is 1. The van der Waals surface area contributed by atoms with Crippen LogP contribution in [0, 0.1) is 5.41 Å². The van der Waals surface area contributed by atoms with Crippen molar-refractivity contribution >= 4 is 16.6 Å². The summed E-state index contributed by atoms with van der Waals surface area (Å²) in [7, 11) is 0. The van der Waals surface area contributed by atoms with Gasteiger partial charge in [0.05, 0.1) is 11.7 Å². The Balaban J connectivity index is 1.75. The van der Waals surface area contributed by atoms with Crippen LogP contribution >= 0.6 is 0 Å². The van der Waals surface area contributed by atoms with Crippen molar-refractivity contribution < 1.29 is 0 Å². The molecule has 1 heterocycles. The highest BCUT2D eigenvalue weighted by Gasteiger charge is 2.26. The minimum atomic E-state index is 0.528. The molecule has 1 aliphatic carbocycles. The summed E-state index contributed by atoms with van der Waals surface area (Å²) in [5, 5.41) is 12.0. The van der Waals surface area contributed by atoms with E-state index in [2.05, 4.69) is 47.6 Å². The van der Waals surface area contributed by atoms with E-state index in [9.17, 15) is 0 Å². The second-order valence-electron chi connectivity index (χ2n) is 6.22. The molecule has 0 atom stereocenters. The number of anilines is 1. The first kappa shape index (κ1) is 11.6. The zero-order valence-corrected chi connectivity index (χ0v) is 11.2. The first-order valence-corrected chi connectivity index (χ1v) is 6.83. The van der Waals surface area contributed by atoms with Crippen LogP contribution in [-0.2, 0) is 0 Å². The van der Waals surface area contributed by atoms with Crippen molar-refractivity contribution in [1.29, 1.82) is 0 Å². The van der Waals surface area contributed by atoms with E-state index in [1.54, 1.807) is 0 Å². The number of nitrogens with one attached hydrogen (secondary N) is 2. The van der Waals surface area contributed by atoms with Crippen LogP contribution in [0.4, 0.5) is 5.69 Å². The number of nitrogens with zero attached hydrogens (tertiary/aromatic N) is 1. The predicted octanol–water partition coefficient (Wildman–Crippen LogP) is 3.94. The molecule has 1 saturated carbocycles. The van der Waals surface area contributed by atoms with Gasteiger partial charge in [0.25, 0.3) is 0 Å². The molecule has 0 radical (unpaired) electrons. The molecule has 2 N–H and O–H groups in total. The SMILES string of the molecule is CC1(C)CCC(Nc2cccc3[nH]ncc23)CC1. The highest BCUT2D eigenvalue weighted by atomic mass is 15.1. The zero-order chi connectivity index (χ0) is 12.6. The van der Waals surface area contributed by atoms with E-state index >= 15 is 0 Å². The van der Waals surface area contributed by atoms with Crippen molar-refractivity contribution in [2.75, 3.05) is 5.32 Å². The third kappa shape index (κ3) is 2.22. The zero-order valence-electron chi connectivity index (χ0n) is 11.2. The Morgan fingerprint density at radius 1 is 1.28 bits per heavy atom. The van der Waals surface area contributed by atoms with Gasteiger partial charge in [0.15, 0.2) is 0 Å². The Hall–Kier alpha value is -1.51. The van der Waals surface area contributed by atoms with Gasteiger partial charge in [-0.2, -0.15) is 5.10 Å². The number of fused-ring (bicyclic) bond motifs is 1. The maximum Gasteiger partial charge on any atom is 0.0671 e. The van der Waals surface area contributed by atoms with Gasteiger partial charge in [0.1, 0.15) is 0 Å². The Labute approximate surface area is 108 Å². The molecule has 3 rings (SSSR count). The van der Waals surface area contributed by atoms with Crippen LogP contribution in [0.3, 0.4) is 0 Å². The van der Waals surface area contributed by atoms with E-state index in [0.29, 0.717) is 11.5 Å². The third-order valence-electron chi connectivity index (χ3n) is 4.18. The molecule has 0 amide bonds. The first-order valence-electron chi connectivity index (χ1n) is 6.83. The van der Waals surface area contributed by atoms with Crippen molar-refractivity contribution in [3.63, 3.8) is 0 Å². The van der Waals surface area contributed by atoms with Crippen LogP contribution in [0.1, 0.15) is 39.5 Å². The summed E-state index contributed by atoms with van der Waals surface area (Å²) < 4.78 is 0. The number of hydrogen-bond acceptors (Lipinski definition) is 2. The van der Waals surface area contributed by atoms with Crippen LogP contribution in [0.5, 0.6) is 0 Å². The molecule has 1 aromatic heterocycles. The fraction of sp³-hybridized carbons (Fsp3) is 0.533. The summed E-state index contributed by atoms with van der Waals surface area (Å²) in [6, 6.07) is 6.91. The van der Waals surface area contributed by atoms with Crippen LogP contribution in [0.2, 0.25) is 0 Å². The van der Waals surface area contributed by atoms with E-state index in [1.807, 2.05) is 6.20 Å². The molecule has 0 aliphatic heterocycles. The Bertz CT molecular complexity index is 531. The van der Waals surface area contributed by atoms with Gasteiger partial charge in [-0.05, 0) is 43.2 Å². The maximum atomic E-state index is 4.11. The molecule has 1 aromatic carbocycles. The van der Waals surface area contributed by atoms with Gasteiger partial charge in [-0.3, -0.25) is 5.10 Å². The monoisotopic (exact) mass is 243 g/mol. The minimum absolute atomic E-state index is 0.528. The van der Waals surface area contributed by atoms with Gasteiger partial charge in [0, 0.05) is 17.1 Å². The van der Waals surface area contributed by atoms with Gasteiger partial charge in [-0.1, -0.05) is 19.9 Å². The second-order valence-corrected chi connectivity index (χ2v) is 6.22. The molecule has 0 bridgehead atoms. The summed E-state index contributed by atoms with van der Waals surface area (Å²) in [6.45, 7) is 4.75. The first-order chi connectivity index (χ1) is 8.64. The van der Waals surface area contributed by atoms with Gasteiger partial charge in [0.2, 0.25) is 0 Å². The average molecular weight is 243 g/mol. The van der Waals surface area contributed by atoms with Gasteiger partial charge in [-0.15, -0.1) is 0 Å². The van der Waals surface area contributed by atoms with Gasteiger partial charge < -0.3 is 5.32 Å². The lowest BCUT2D eigenvalue weighted by molar-refractivity contribution is 0.232. The summed E-state index contributed by atoms with van der Waals surface area (Å²) in [4.78, 5) is 0. The van der Waals surface area contributed by atoms with E-state index in [4.69, 9.17) is 0 Å². The highest BCUT2D eigenvalue weighted by molar-refractivity contribution is 5.90. The van der Waals surface area contributed by atoms with E-state index < -0.39 is 0 Å². The number of aromatic amines is 1. The molecule has 3 nitrogen and oxygen atoms in total. The lowest BCUT2D eigenvalue weighted by atomic mass is 9.75. The van der Waals surface area contributed by atoms with Gasteiger partial charge in [-0.25, -0.2) is 0 Å². The molecule has 0 spiro atoms. The standard InChI is InChI=1S/C15H21N3/c1-15(2)8-6-11(7-9-15)17-13-4-3-5-14-12(13)10-16-18-14/h3-5,10-11,17H,6-9H2,1-2H3,(H,16,18). The fourth-order valence-corrected chi connectivity index (χ4v) is 2.86. The molecule has 18 heavy (non-hydrogen) atoms. The van der Waals surface area contributed by atoms with Crippen molar-refractivity contribution in [3.8, 4) is 0 Å². The van der Waals surface area contributed by atoms with Crippen LogP contribution in [0.25, 0.3) is 10.9 Å². The average Bonchev–Trinajstić information content (AvgIpc) is 2.81. The fourth-order valence-electron chi connectivity index (χ4n) is 2.86. The normalized spacial score (nSPS) is 20.1. The molecule has 1 fully saturated rings. The molecular formula is C15H21N3. The Kier molecular flexibility index (Phi) is 2.77. The summed E-state index contributed by atoms with van der Waals surface area (Å²) in [6.07, 6.45) is 7.06. The summed E-state index contributed by atoms with van der Waals surface area (Å²) in [5.74, 6) is 0. The molecular weight excluding hydrogens is 222 g/mol. The number of rotatable bonds is 2. The van der Waals surface area contributed by atoms with E-state index in [1.165, 1.54) is 36.8 Å². The smallest absolute Gasteiger partial charge is 0.0671 e. The molecule has 3 heteroatoms. The Morgan fingerprint density at radius 2 is 2.06 bits per heavy atom. The molecule has 96 valence electrons. The lowest BCUT2D eigenvalue weighted by Crippen LogP contribution is -2.29. The molecule has 2 aromatic rings. The molecule has 1 aliphatic rings. The predicted molar refractivity (Wildman–Crippen MR) is 75.8 cm³/mol. The van der Waals surface area contributed by atoms with Crippen LogP contribution < -0.4 is 5.32 Å². The van der Waals surface area contributed by atoms with Crippen molar-refractivity contribution in [3.05, 3.63) is 24.4 Å². The van der Waals surface area contributed by atoms with Crippen molar-refractivity contribution in [1.82, 2.24) is 10.2 Å². The largest absolute Gasteiger partial charge is 0.382 e. The number of hydrogen-bond donors (Lipinski definition) is 2. The topological polar surface area (TPSA) is 40.7 Å². The van der Waals surface area contributed by atoms with Crippen molar-refractivity contribution in [2.24, 2.45) is 5.41 Å². The number of benzene rings is 1. The summed E-state index contributed by atoms with van der Waals surface area (Å²) >= 11 is 0. The van der Waals surface area contributed by atoms with Gasteiger partial charge >= 0.3 is 0 Å². The third-order valence-corrected chi connectivity index (χ3v) is 4.18. The molecule has 0 saturated heterocycles. The minimum Gasteiger partial charge on any atom is -0.382 e. The summed E-state index contributed by atoms with van der Waals surface area (Å²) in [5.41, 5.74) is 2.85. The van der Waals surface area contributed by atoms with Crippen molar-refractivity contribution in [2.45, 2.75) is 45.6 Å². The Morgan fingerprint density at radius 3 is 2.83 bits per heavy atom. The maximum absolute atomic E-state index is 4.11. The van der Waals surface area contributed by atoms with E-state index in [-0.39, 0.29) is 0 Å².